The highest BCUT2D eigenvalue weighted by atomic mass is 32.1. The number of hydrogen-bond acceptors (Lipinski definition) is 6. The quantitative estimate of drug-likeness (QED) is 0.705. The minimum Gasteiger partial charge on any atom is -0.494 e. The lowest BCUT2D eigenvalue weighted by atomic mass is 10.2. The van der Waals surface area contributed by atoms with Crippen LogP contribution in [0.15, 0.2) is 36.4 Å². The first-order valence-corrected chi connectivity index (χ1v) is 8.78. The van der Waals surface area contributed by atoms with E-state index in [9.17, 15) is 4.79 Å². The summed E-state index contributed by atoms with van der Waals surface area (Å²) in [4.78, 5) is 16.7. The van der Waals surface area contributed by atoms with E-state index in [0.29, 0.717) is 22.4 Å². The summed E-state index contributed by atoms with van der Waals surface area (Å²) in [5, 5.41) is 3.34. The topological polar surface area (TPSA) is 69.7 Å². The van der Waals surface area contributed by atoms with Gasteiger partial charge in [-0.15, -0.1) is 0 Å². The molecule has 26 heavy (non-hydrogen) atoms. The fourth-order valence-corrected chi connectivity index (χ4v) is 3.62. The van der Waals surface area contributed by atoms with Crippen LogP contribution in [0.25, 0.3) is 16.3 Å². The van der Waals surface area contributed by atoms with Gasteiger partial charge in [0.15, 0.2) is 16.6 Å². The summed E-state index contributed by atoms with van der Waals surface area (Å²) >= 11 is 1.43. The van der Waals surface area contributed by atoms with Crippen molar-refractivity contribution in [2.75, 3.05) is 19.2 Å². The highest BCUT2D eigenvalue weighted by Crippen LogP contribution is 2.35. The zero-order chi connectivity index (χ0) is 18.1. The standard InChI is InChI=1S/C19H16N2O4S/c1-11-3-6-14(23-2)17-18(11)26-19(21-17)20-16(22)8-5-12-4-7-13-15(9-12)25-10-24-13/h3-9H,10H2,1-2H3,(H,20,21,22)/b8-5+. The van der Waals surface area contributed by atoms with Gasteiger partial charge in [-0.2, -0.15) is 0 Å². The Kier molecular flexibility index (Phi) is 4.22. The van der Waals surface area contributed by atoms with Gasteiger partial charge in [0.1, 0.15) is 11.3 Å². The van der Waals surface area contributed by atoms with Gasteiger partial charge in [0.05, 0.1) is 11.8 Å². The molecule has 1 aliphatic heterocycles. The first-order valence-electron chi connectivity index (χ1n) is 7.97. The summed E-state index contributed by atoms with van der Waals surface area (Å²) in [6, 6.07) is 9.37. The van der Waals surface area contributed by atoms with Gasteiger partial charge in [-0.25, -0.2) is 4.98 Å². The molecule has 2 heterocycles. The molecule has 0 saturated carbocycles. The maximum Gasteiger partial charge on any atom is 0.250 e. The zero-order valence-electron chi connectivity index (χ0n) is 14.2. The number of carbonyl (C=O) groups excluding carboxylic acids is 1. The fourth-order valence-electron chi connectivity index (χ4n) is 2.66. The predicted molar refractivity (Wildman–Crippen MR) is 101 cm³/mol. The number of aromatic nitrogens is 1. The maximum atomic E-state index is 12.2. The molecule has 3 aromatic rings. The van der Waals surface area contributed by atoms with Gasteiger partial charge >= 0.3 is 0 Å². The number of amides is 1. The minimum atomic E-state index is -0.252. The van der Waals surface area contributed by atoms with Gasteiger partial charge in [-0.3, -0.25) is 10.1 Å². The Bertz CT molecular complexity index is 1030. The molecule has 4 rings (SSSR count). The molecule has 0 atom stereocenters. The fraction of sp³-hybridized carbons (Fsp3) is 0.158. The molecule has 1 aliphatic rings. The Labute approximate surface area is 154 Å². The highest BCUT2D eigenvalue weighted by Gasteiger charge is 2.13. The molecule has 0 unspecified atom stereocenters. The first kappa shape index (κ1) is 16.4. The van der Waals surface area contributed by atoms with Gasteiger partial charge < -0.3 is 14.2 Å². The lowest BCUT2D eigenvalue weighted by Crippen LogP contribution is -2.07. The Hall–Kier alpha value is -3.06. The number of benzene rings is 2. The predicted octanol–water partition coefficient (Wildman–Crippen LogP) is 3.99. The monoisotopic (exact) mass is 368 g/mol. The third-order valence-corrected chi connectivity index (χ3v) is 5.08. The first-order chi connectivity index (χ1) is 12.6. The number of aryl methyl sites for hydroxylation is 1. The van der Waals surface area contributed by atoms with E-state index in [1.54, 1.807) is 13.2 Å². The van der Waals surface area contributed by atoms with Crippen molar-refractivity contribution in [3.05, 3.63) is 47.5 Å². The molecular formula is C19H16N2O4S. The molecule has 1 amide bonds. The molecule has 0 spiro atoms. The molecule has 0 radical (unpaired) electrons. The van der Waals surface area contributed by atoms with E-state index in [2.05, 4.69) is 10.3 Å². The number of nitrogens with zero attached hydrogens (tertiary/aromatic N) is 1. The smallest absolute Gasteiger partial charge is 0.250 e. The van der Waals surface area contributed by atoms with Crippen LogP contribution in [0.5, 0.6) is 17.2 Å². The van der Waals surface area contributed by atoms with Crippen LogP contribution in [0.1, 0.15) is 11.1 Å². The Morgan fingerprint density at radius 2 is 2.12 bits per heavy atom. The van der Waals surface area contributed by atoms with Crippen LogP contribution < -0.4 is 19.5 Å². The average molecular weight is 368 g/mol. The molecule has 7 heteroatoms. The van der Waals surface area contributed by atoms with Crippen molar-refractivity contribution in [1.29, 1.82) is 0 Å². The third-order valence-electron chi connectivity index (χ3n) is 3.98. The van der Waals surface area contributed by atoms with Crippen molar-refractivity contribution in [1.82, 2.24) is 4.98 Å². The number of rotatable bonds is 4. The van der Waals surface area contributed by atoms with E-state index in [1.807, 2.05) is 37.3 Å². The number of nitrogens with one attached hydrogen (secondary N) is 1. The number of methoxy groups -OCH3 is 1. The van der Waals surface area contributed by atoms with Crippen LogP contribution in [-0.4, -0.2) is 24.8 Å². The van der Waals surface area contributed by atoms with E-state index >= 15 is 0 Å². The summed E-state index contributed by atoms with van der Waals surface area (Å²) in [6.45, 7) is 2.23. The Morgan fingerprint density at radius 3 is 2.96 bits per heavy atom. The number of carbonyl (C=O) groups is 1. The summed E-state index contributed by atoms with van der Waals surface area (Å²) < 4.78 is 16.9. The normalized spacial score (nSPS) is 12.7. The van der Waals surface area contributed by atoms with Gasteiger partial charge in [-0.05, 0) is 42.3 Å². The number of fused-ring (bicyclic) bond motifs is 2. The number of hydrogen-bond donors (Lipinski definition) is 1. The summed E-state index contributed by atoms with van der Waals surface area (Å²) in [6.07, 6.45) is 3.18. The lowest BCUT2D eigenvalue weighted by molar-refractivity contribution is -0.111. The van der Waals surface area contributed by atoms with E-state index in [1.165, 1.54) is 17.4 Å². The van der Waals surface area contributed by atoms with Crippen molar-refractivity contribution < 1.29 is 19.0 Å². The molecule has 0 aliphatic carbocycles. The van der Waals surface area contributed by atoms with Crippen LogP contribution in [0.3, 0.4) is 0 Å². The van der Waals surface area contributed by atoms with Crippen molar-refractivity contribution >= 4 is 38.7 Å². The van der Waals surface area contributed by atoms with Crippen LogP contribution in [-0.2, 0) is 4.79 Å². The maximum absolute atomic E-state index is 12.2. The number of thiazole rings is 1. The lowest BCUT2D eigenvalue weighted by Gasteiger charge is -2.01. The number of ether oxygens (including phenoxy) is 3. The molecule has 132 valence electrons. The van der Waals surface area contributed by atoms with Gasteiger partial charge in [0.2, 0.25) is 12.7 Å². The third kappa shape index (κ3) is 3.09. The summed E-state index contributed by atoms with van der Waals surface area (Å²) in [7, 11) is 1.61. The number of anilines is 1. The zero-order valence-corrected chi connectivity index (χ0v) is 15.1. The Balaban J connectivity index is 1.51. The van der Waals surface area contributed by atoms with E-state index in [-0.39, 0.29) is 12.7 Å². The van der Waals surface area contributed by atoms with Gasteiger partial charge in [-0.1, -0.05) is 23.5 Å². The van der Waals surface area contributed by atoms with Crippen LogP contribution in [0.2, 0.25) is 0 Å². The van der Waals surface area contributed by atoms with Crippen LogP contribution >= 0.6 is 11.3 Å². The minimum absolute atomic E-state index is 0.226. The largest absolute Gasteiger partial charge is 0.494 e. The molecule has 6 nitrogen and oxygen atoms in total. The van der Waals surface area contributed by atoms with Crippen LogP contribution in [0, 0.1) is 6.92 Å². The Morgan fingerprint density at radius 1 is 1.27 bits per heavy atom. The molecule has 0 fully saturated rings. The molecule has 0 saturated heterocycles. The second-order valence-corrected chi connectivity index (χ2v) is 6.72. The molecular weight excluding hydrogens is 352 g/mol. The molecule has 1 N–H and O–H groups in total. The average Bonchev–Trinajstić information content (AvgIpc) is 3.27. The highest BCUT2D eigenvalue weighted by molar-refractivity contribution is 7.22. The second-order valence-electron chi connectivity index (χ2n) is 5.72. The van der Waals surface area contributed by atoms with Crippen molar-refractivity contribution in [2.24, 2.45) is 0 Å². The van der Waals surface area contributed by atoms with Crippen LogP contribution in [0.4, 0.5) is 5.13 Å². The van der Waals surface area contributed by atoms with Crippen molar-refractivity contribution in [2.45, 2.75) is 6.92 Å². The van der Waals surface area contributed by atoms with E-state index in [4.69, 9.17) is 14.2 Å². The summed E-state index contributed by atoms with van der Waals surface area (Å²) in [5.74, 6) is 1.84. The molecule has 1 aromatic heterocycles. The second kappa shape index (κ2) is 6.68. The summed E-state index contributed by atoms with van der Waals surface area (Å²) in [5.41, 5.74) is 2.70. The van der Waals surface area contributed by atoms with E-state index < -0.39 is 0 Å². The van der Waals surface area contributed by atoms with E-state index in [0.717, 1.165) is 21.3 Å². The molecule has 0 bridgehead atoms. The van der Waals surface area contributed by atoms with Crippen molar-refractivity contribution in [3.8, 4) is 17.2 Å². The van der Waals surface area contributed by atoms with Gasteiger partial charge in [0, 0.05) is 6.08 Å². The van der Waals surface area contributed by atoms with Crippen molar-refractivity contribution in [3.63, 3.8) is 0 Å². The molecule has 2 aromatic carbocycles. The van der Waals surface area contributed by atoms with Gasteiger partial charge in [0.25, 0.3) is 0 Å². The SMILES string of the molecule is COc1ccc(C)c2sc(NC(=O)/C=C/c3ccc4c(c3)OCO4)nc12.